The van der Waals surface area contributed by atoms with Gasteiger partial charge in [0.1, 0.15) is 5.76 Å². The fraction of sp³-hybridized carbons (Fsp3) is 0.350. The zero-order valence-corrected chi connectivity index (χ0v) is 18.9. The number of furan rings is 1. The predicted octanol–water partition coefficient (Wildman–Crippen LogP) is 2.90. The predicted molar refractivity (Wildman–Crippen MR) is 117 cm³/mol. The van der Waals surface area contributed by atoms with E-state index < -0.39 is 10.0 Å². The van der Waals surface area contributed by atoms with Gasteiger partial charge < -0.3 is 14.3 Å². The molecule has 11 heteroatoms. The maximum Gasteiger partial charge on any atom is 0.243 e. The van der Waals surface area contributed by atoms with Crippen molar-refractivity contribution in [3.63, 3.8) is 0 Å². The molecule has 3 heterocycles. The molecule has 0 atom stereocenters. The Balaban J connectivity index is 1.35. The maximum atomic E-state index is 12.6. The van der Waals surface area contributed by atoms with Crippen molar-refractivity contribution in [1.29, 1.82) is 0 Å². The van der Waals surface area contributed by atoms with Gasteiger partial charge in [-0.1, -0.05) is 11.8 Å². The van der Waals surface area contributed by atoms with E-state index in [2.05, 4.69) is 15.5 Å². The monoisotopic (exact) mass is 461 g/mol. The van der Waals surface area contributed by atoms with Crippen LogP contribution in [0.5, 0.6) is 0 Å². The molecule has 1 fully saturated rings. The summed E-state index contributed by atoms with van der Waals surface area (Å²) in [5.41, 5.74) is 1.40. The van der Waals surface area contributed by atoms with Gasteiger partial charge in [0.2, 0.25) is 15.9 Å². The van der Waals surface area contributed by atoms with E-state index in [-0.39, 0.29) is 16.6 Å². The number of nitrogens with zero attached hydrogens (tertiary/aromatic N) is 4. The maximum absolute atomic E-state index is 12.6. The fourth-order valence-corrected chi connectivity index (χ4v) is 5.64. The van der Waals surface area contributed by atoms with Gasteiger partial charge in [0, 0.05) is 25.8 Å². The Morgan fingerprint density at radius 1 is 1.16 bits per heavy atom. The van der Waals surface area contributed by atoms with Crippen LogP contribution in [0.15, 0.2) is 51.1 Å². The number of thioether (sulfide) groups is 1. The quantitative estimate of drug-likeness (QED) is 0.539. The van der Waals surface area contributed by atoms with Crippen molar-refractivity contribution in [3.05, 3.63) is 42.4 Å². The zero-order valence-electron chi connectivity index (χ0n) is 17.2. The highest BCUT2D eigenvalue weighted by molar-refractivity contribution is 7.99. The lowest BCUT2D eigenvalue weighted by Crippen LogP contribution is -2.27. The van der Waals surface area contributed by atoms with Crippen molar-refractivity contribution in [2.75, 3.05) is 24.2 Å². The number of aryl methyl sites for hydroxylation is 1. The van der Waals surface area contributed by atoms with Gasteiger partial charge in [-0.15, -0.1) is 10.2 Å². The van der Waals surface area contributed by atoms with Crippen LogP contribution < -0.4 is 5.32 Å². The van der Waals surface area contributed by atoms with Gasteiger partial charge >= 0.3 is 0 Å². The van der Waals surface area contributed by atoms with E-state index in [1.165, 1.54) is 28.2 Å². The first-order chi connectivity index (χ1) is 14.9. The first-order valence-corrected chi connectivity index (χ1v) is 12.3. The number of aromatic nitrogens is 3. The molecule has 0 radical (unpaired) electrons. The molecule has 0 bridgehead atoms. The molecule has 31 heavy (non-hydrogen) atoms. The lowest BCUT2D eigenvalue weighted by molar-refractivity contribution is -0.113. The summed E-state index contributed by atoms with van der Waals surface area (Å²) in [6.45, 7) is 2.97. The molecule has 0 saturated carbocycles. The van der Waals surface area contributed by atoms with E-state index >= 15 is 0 Å². The van der Waals surface area contributed by atoms with Crippen LogP contribution in [-0.4, -0.2) is 52.2 Å². The van der Waals surface area contributed by atoms with Gasteiger partial charge in [0.15, 0.2) is 11.0 Å². The zero-order chi connectivity index (χ0) is 22.0. The van der Waals surface area contributed by atoms with E-state index in [1.807, 2.05) is 24.6 Å². The molecule has 9 nitrogen and oxygen atoms in total. The third kappa shape index (κ3) is 4.53. The minimum absolute atomic E-state index is 0.143. The molecule has 1 N–H and O–H groups in total. The molecular formula is C20H23N5O4S2. The number of benzene rings is 1. The topological polar surface area (TPSA) is 110 Å². The van der Waals surface area contributed by atoms with E-state index in [9.17, 15) is 13.2 Å². The van der Waals surface area contributed by atoms with E-state index in [4.69, 9.17) is 4.42 Å². The molecule has 1 aromatic carbocycles. The molecular weight excluding hydrogens is 438 g/mol. The lowest BCUT2D eigenvalue weighted by Gasteiger charge is -2.15. The molecule has 0 unspecified atom stereocenters. The standard InChI is InChI=1S/C20H23N5O4S2/c1-14-17(9-12-29-14)19-22-23-20(24(19)2)30-13-18(26)21-15-5-7-16(8-6-15)31(27,28)25-10-3-4-11-25/h5-9,12H,3-4,10-11,13H2,1-2H3,(H,21,26). The highest BCUT2D eigenvalue weighted by Gasteiger charge is 2.27. The molecule has 0 spiro atoms. The molecule has 1 aliphatic rings. The molecule has 3 aromatic rings. The van der Waals surface area contributed by atoms with E-state index in [0.717, 1.165) is 24.2 Å². The molecule has 2 aromatic heterocycles. The molecule has 1 amide bonds. The lowest BCUT2D eigenvalue weighted by atomic mass is 10.2. The van der Waals surface area contributed by atoms with Gasteiger partial charge in [-0.05, 0) is 50.1 Å². The molecule has 0 aliphatic carbocycles. The van der Waals surface area contributed by atoms with Crippen LogP contribution >= 0.6 is 11.8 Å². The van der Waals surface area contributed by atoms with Gasteiger partial charge in [-0.3, -0.25) is 4.79 Å². The van der Waals surface area contributed by atoms with Crippen molar-refractivity contribution in [2.24, 2.45) is 7.05 Å². The third-order valence-electron chi connectivity index (χ3n) is 5.11. The van der Waals surface area contributed by atoms with Crippen LogP contribution in [0.3, 0.4) is 0 Å². The van der Waals surface area contributed by atoms with Crippen molar-refractivity contribution < 1.29 is 17.6 Å². The Hall–Kier alpha value is -2.63. The number of rotatable bonds is 7. The van der Waals surface area contributed by atoms with Gasteiger partial charge in [0.25, 0.3) is 0 Å². The van der Waals surface area contributed by atoms with Crippen LogP contribution in [0.4, 0.5) is 5.69 Å². The highest BCUT2D eigenvalue weighted by atomic mass is 32.2. The highest BCUT2D eigenvalue weighted by Crippen LogP contribution is 2.26. The average Bonchev–Trinajstić information content (AvgIpc) is 3.49. The summed E-state index contributed by atoms with van der Waals surface area (Å²) in [5.74, 6) is 1.35. The van der Waals surface area contributed by atoms with Crippen LogP contribution in [-0.2, 0) is 21.9 Å². The Kier molecular flexibility index (Phi) is 6.17. The van der Waals surface area contributed by atoms with E-state index in [1.54, 1.807) is 18.4 Å². The summed E-state index contributed by atoms with van der Waals surface area (Å²) in [6.07, 6.45) is 3.38. The number of hydrogen-bond donors (Lipinski definition) is 1. The van der Waals surface area contributed by atoms with Crippen LogP contribution in [0, 0.1) is 6.92 Å². The Labute approximate surface area is 184 Å². The van der Waals surface area contributed by atoms with Crippen LogP contribution in [0.2, 0.25) is 0 Å². The van der Waals surface area contributed by atoms with Gasteiger partial charge in [-0.2, -0.15) is 4.31 Å². The summed E-state index contributed by atoms with van der Waals surface area (Å²) in [4.78, 5) is 12.6. The summed E-state index contributed by atoms with van der Waals surface area (Å²) in [5, 5.41) is 11.7. The number of nitrogens with one attached hydrogen (secondary N) is 1. The van der Waals surface area contributed by atoms with Crippen molar-refractivity contribution in [2.45, 2.75) is 29.8 Å². The third-order valence-corrected chi connectivity index (χ3v) is 8.04. The molecule has 1 saturated heterocycles. The molecule has 1 aliphatic heterocycles. The summed E-state index contributed by atoms with van der Waals surface area (Å²) >= 11 is 1.27. The number of carbonyl (C=O) groups excluding carboxylic acids is 1. The number of carbonyl (C=O) groups is 1. The number of amides is 1. The van der Waals surface area contributed by atoms with Gasteiger partial charge in [-0.25, -0.2) is 8.42 Å². The summed E-state index contributed by atoms with van der Waals surface area (Å²) < 4.78 is 33.8. The smallest absolute Gasteiger partial charge is 0.243 e. The molecule has 4 rings (SSSR count). The number of sulfonamides is 1. The minimum Gasteiger partial charge on any atom is -0.469 e. The second-order valence-electron chi connectivity index (χ2n) is 7.23. The fourth-order valence-electron chi connectivity index (χ4n) is 3.41. The summed E-state index contributed by atoms with van der Waals surface area (Å²) in [6, 6.07) is 8.09. The number of anilines is 1. The second-order valence-corrected chi connectivity index (χ2v) is 10.1. The van der Waals surface area contributed by atoms with Gasteiger partial charge in [0.05, 0.1) is 22.5 Å². The summed E-state index contributed by atoms with van der Waals surface area (Å²) in [7, 11) is -1.63. The molecule has 164 valence electrons. The Morgan fingerprint density at radius 3 is 2.52 bits per heavy atom. The average molecular weight is 462 g/mol. The first-order valence-electron chi connectivity index (χ1n) is 9.83. The Morgan fingerprint density at radius 2 is 1.87 bits per heavy atom. The normalized spacial score (nSPS) is 14.8. The van der Waals surface area contributed by atoms with Crippen molar-refractivity contribution in [3.8, 4) is 11.4 Å². The van der Waals surface area contributed by atoms with Crippen molar-refractivity contribution >= 4 is 33.4 Å². The SMILES string of the molecule is Cc1occc1-c1nnc(SCC(=O)Nc2ccc(S(=O)(=O)N3CCCC3)cc2)n1C. The minimum atomic E-state index is -3.46. The first kappa shape index (κ1) is 21.6. The van der Waals surface area contributed by atoms with E-state index in [0.29, 0.717) is 29.8 Å². The Bertz CT molecular complexity index is 1180. The largest absolute Gasteiger partial charge is 0.469 e. The van der Waals surface area contributed by atoms with Crippen LogP contribution in [0.25, 0.3) is 11.4 Å². The van der Waals surface area contributed by atoms with Crippen molar-refractivity contribution in [1.82, 2.24) is 19.1 Å². The second kappa shape index (κ2) is 8.85. The van der Waals surface area contributed by atoms with Crippen LogP contribution in [0.1, 0.15) is 18.6 Å². The number of hydrogen-bond acceptors (Lipinski definition) is 7.